The first-order chi connectivity index (χ1) is 10.6. The van der Waals surface area contributed by atoms with Gasteiger partial charge in [-0.05, 0) is 42.8 Å². The van der Waals surface area contributed by atoms with E-state index in [9.17, 15) is 4.79 Å². The molecule has 0 aliphatic carbocycles. The Kier molecular flexibility index (Phi) is 5.49. The molecule has 6 heteroatoms. The molecule has 2 rings (SSSR count). The number of nitrogens with zero attached hydrogens (tertiary/aromatic N) is 2. The van der Waals surface area contributed by atoms with Crippen LogP contribution in [-0.4, -0.2) is 18.9 Å². The lowest BCUT2D eigenvalue weighted by atomic mass is 10.2. The Morgan fingerprint density at radius 3 is 2.59 bits per heavy atom. The molecule has 0 aliphatic heterocycles. The van der Waals surface area contributed by atoms with Crippen molar-refractivity contribution in [3.8, 4) is 5.75 Å². The topological polar surface area (TPSA) is 63.1 Å². The molecule has 0 bridgehead atoms. The van der Waals surface area contributed by atoms with Crippen LogP contribution in [0, 0.1) is 6.92 Å². The number of carbonyl (C=O) groups is 1. The second-order valence-electron chi connectivity index (χ2n) is 4.55. The number of rotatable bonds is 5. The summed E-state index contributed by atoms with van der Waals surface area (Å²) in [6.45, 7) is 1.90. The molecule has 0 unspecified atom stereocenters. The van der Waals surface area contributed by atoms with Crippen molar-refractivity contribution in [3.05, 3.63) is 48.0 Å². The van der Waals surface area contributed by atoms with E-state index in [2.05, 4.69) is 15.5 Å². The Bertz CT molecular complexity index is 702. The summed E-state index contributed by atoms with van der Waals surface area (Å²) in [6.07, 6.45) is 0. The first-order valence-electron chi connectivity index (χ1n) is 6.65. The van der Waals surface area contributed by atoms with Gasteiger partial charge in [-0.25, -0.2) is 0 Å². The van der Waals surface area contributed by atoms with Crippen molar-refractivity contribution in [2.75, 3.05) is 18.3 Å². The largest absolute Gasteiger partial charge is 0.494 e. The van der Waals surface area contributed by atoms with Gasteiger partial charge in [0.15, 0.2) is 0 Å². The fourth-order valence-electron chi connectivity index (χ4n) is 1.86. The highest BCUT2D eigenvalue weighted by Crippen LogP contribution is 2.30. The molecule has 114 valence electrons. The fraction of sp³-hybridized carbons (Fsp3) is 0.188. The SMILES string of the molecule is COc1ccccc1N=Nc1ccc(NC(=O)CCl)cc1C. The summed E-state index contributed by atoms with van der Waals surface area (Å²) in [6, 6.07) is 12.8. The quantitative estimate of drug-likeness (QED) is 0.647. The van der Waals surface area contributed by atoms with Crippen LogP contribution >= 0.6 is 11.6 Å². The number of hydrogen-bond donors (Lipinski definition) is 1. The number of anilines is 1. The minimum Gasteiger partial charge on any atom is -0.494 e. The van der Waals surface area contributed by atoms with E-state index < -0.39 is 0 Å². The molecule has 0 spiro atoms. The van der Waals surface area contributed by atoms with Gasteiger partial charge < -0.3 is 10.1 Å². The van der Waals surface area contributed by atoms with E-state index >= 15 is 0 Å². The molecule has 2 aromatic carbocycles. The van der Waals surface area contributed by atoms with Crippen molar-refractivity contribution in [3.63, 3.8) is 0 Å². The monoisotopic (exact) mass is 317 g/mol. The van der Waals surface area contributed by atoms with Gasteiger partial charge in [0.25, 0.3) is 0 Å². The minimum absolute atomic E-state index is 0.0751. The van der Waals surface area contributed by atoms with Crippen LogP contribution in [0.1, 0.15) is 5.56 Å². The van der Waals surface area contributed by atoms with Gasteiger partial charge in [-0.15, -0.1) is 16.7 Å². The van der Waals surface area contributed by atoms with Crippen molar-refractivity contribution >= 4 is 34.6 Å². The Labute approximate surface area is 134 Å². The number of hydrogen-bond acceptors (Lipinski definition) is 4. The van der Waals surface area contributed by atoms with Gasteiger partial charge in [0, 0.05) is 5.69 Å². The zero-order chi connectivity index (χ0) is 15.9. The smallest absolute Gasteiger partial charge is 0.239 e. The number of halogens is 1. The number of para-hydroxylation sites is 1. The summed E-state index contributed by atoms with van der Waals surface area (Å²) >= 11 is 5.46. The summed E-state index contributed by atoms with van der Waals surface area (Å²) in [5.41, 5.74) is 2.95. The van der Waals surface area contributed by atoms with Gasteiger partial charge in [-0.2, -0.15) is 5.11 Å². The second-order valence-corrected chi connectivity index (χ2v) is 4.82. The maximum absolute atomic E-state index is 11.3. The molecular weight excluding hydrogens is 302 g/mol. The average molecular weight is 318 g/mol. The van der Waals surface area contributed by atoms with E-state index in [1.165, 1.54) is 0 Å². The van der Waals surface area contributed by atoms with Crippen LogP contribution in [0.4, 0.5) is 17.1 Å². The summed E-state index contributed by atoms with van der Waals surface area (Å²) in [4.78, 5) is 11.3. The van der Waals surface area contributed by atoms with E-state index in [-0.39, 0.29) is 11.8 Å². The van der Waals surface area contributed by atoms with E-state index in [0.717, 1.165) is 11.3 Å². The Morgan fingerprint density at radius 2 is 1.91 bits per heavy atom. The molecule has 1 amide bonds. The maximum atomic E-state index is 11.3. The molecule has 2 aromatic rings. The molecule has 0 saturated heterocycles. The number of alkyl halides is 1. The first kappa shape index (κ1) is 16.0. The average Bonchev–Trinajstić information content (AvgIpc) is 2.54. The maximum Gasteiger partial charge on any atom is 0.239 e. The Morgan fingerprint density at radius 1 is 1.18 bits per heavy atom. The number of methoxy groups -OCH3 is 1. The summed E-state index contributed by atoms with van der Waals surface area (Å²) in [5, 5.41) is 11.1. The molecule has 0 radical (unpaired) electrons. The van der Waals surface area contributed by atoms with E-state index in [1.807, 2.05) is 37.3 Å². The molecule has 22 heavy (non-hydrogen) atoms. The van der Waals surface area contributed by atoms with Crippen LogP contribution in [0.2, 0.25) is 0 Å². The minimum atomic E-state index is -0.246. The van der Waals surface area contributed by atoms with Crippen LogP contribution in [0.25, 0.3) is 0 Å². The summed E-state index contributed by atoms with van der Waals surface area (Å²) in [7, 11) is 1.59. The number of aryl methyl sites for hydroxylation is 1. The predicted octanol–water partition coefficient (Wildman–Crippen LogP) is 4.60. The molecule has 0 aliphatic rings. The molecule has 0 saturated carbocycles. The standard InChI is InChI=1S/C16H16ClN3O2/c1-11-9-12(18-16(21)10-17)7-8-13(11)19-20-14-5-3-4-6-15(14)22-2/h3-9H,10H2,1-2H3,(H,18,21). The highest BCUT2D eigenvalue weighted by molar-refractivity contribution is 6.29. The van der Waals surface area contributed by atoms with Crippen molar-refractivity contribution < 1.29 is 9.53 Å². The van der Waals surface area contributed by atoms with Crippen molar-refractivity contribution in [2.24, 2.45) is 10.2 Å². The third-order valence-electron chi connectivity index (χ3n) is 2.95. The molecular formula is C16H16ClN3O2. The summed E-state index contributed by atoms with van der Waals surface area (Å²) in [5.74, 6) is 0.341. The van der Waals surface area contributed by atoms with E-state index in [4.69, 9.17) is 16.3 Å². The zero-order valence-corrected chi connectivity index (χ0v) is 13.1. The van der Waals surface area contributed by atoms with Gasteiger partial charge in [-0.3, -0.25) is 4.79 Å². The van der Waals surface area contributed by atoms with Crippen molar-refractivity contribution in [1.29, 1.82) is 0 Å². The first-order valence-corrected chi connectivity index (χ1v) is 7.18. The van der Waals surface area contributed by atoms with Crippen LogP contribution in [0.3, 0.4) is 0 Å². The fourth-order valence-corrected chi connectivity index (χ4v) is 1.93. The lowest BCUT2D eigenvalue weighted by Gasteiger charge is -2.06. The molecule has 1 N–H and O–H groups in total. The lowest BCUT2D eigenvalue weighted by Crippen LogP contribution is -2.12. The molecule has 0 aromatic heterocycles. The van der Waals surface area contributed by atoms with Crippen LogP contribution in [-0.2, 0) is 4.79 Å². The highest BCUT2D eigenvalue weighted by Gasteiger charge is 2.04. The Hall–Kier alpha value is -2.40. The number of nitrogens with one attached hydrogen (secondary N) is 1. The number of amides is 1. The third kappa shape index (κ3) is 4.05. The highest BCUT2D eigenvalue weighted by atomic mass is 35.5. The number of carbonyl (C=O) groups excluding carboxylic acids is 1. The molecule has 5 nitrogen and oxygen atoms in total. The number of benzene rings is 2. The Balaban J connectivity index is 2.19. The molecule has 0 atom stereocenters. The number of ether oxygens (including phenoxy) is 1. The lowest BCUT2D eigenvalue weighted by molar-refractivity contribution is -0.113. The van der Waals surface area contributed by atoms with Crippen molar-refractivity contribution in [1.82, 2.24) is 0 Å². The third-order valence-corrected chi connectivity index (χ3v) is 3.20. The number of azo groups is 1. The van der Waals surface area contributed by atoms with Gasteiger partial charge in [0.2, 0.25) is 5.91 Å². The van der Waals surface area contributed by atoms with Gasteiger partial charge in [0.05, 0.1) is 12.8 Å². The van der Waals surface area contributed by atoms with Crippen LogP contribution in [0.5, 0.6) is 5.75 Å². The van der Waals surface area contributed by atoms with Crippen LogP contribution < -0.4 is 10.1 Å². The normalized spacial score (nSPS) is 10.7. The molecule has 0 fully saturated rings. The van der Waals surface area contributed by atoms with Gasteiger partial charge in [0.1, 0.15) is 17.3 Å². The molecule has 0 heterocycles. The predicted molar refractivity (Wildman–Crippen MR) is 87.7 cm³/mol. The summed E-state index contributed by atoms with van der Waals surface area (Å²) < 4.78 is 5.23. The zero-order valence-electron chi connectivity index (χ0n) is 12.3. The van der Waals surface area contributed by atoms with E-state index in [1.54, 1.807) is 19.2 Å². The van der Waals surface area contributed by atoms with Crippen LogP contribution in [0.15, 0.2) is 52.7 Å². The second kappa shape index (κ2) is 7.56. The van der Waals surface area contributed by atoms with Gasteiger partial charge in [-0.1, -0.05) is 12.1 Å². The van der Waals surface area contributed by atoms with E-state index in [0.29, 0.717) is 17.1 Å². The van der Waals surface area contributed by atoms with Crippen molar-refractivity contribution in [2.45, 2.75) is 6.92 Å². The van der Waals surface area contributed by atoms with Gasteiger partial charge >= 0.3 is 0 Å².